The summed E-state index contributed by atoms with van der Waals surface area (Å²) < 4.78 is 10.5. The fourth-order valence-electron chi connectivity index (χ4n) is 2.91. The average molecular weight is 381 g/mol. The molecule has 3 N–H and O–H groups in total. The lowest BCUT2D eigenvalue weighted by Gasteiger charge is -2.17. The van der Waals surface area contributed by atoms with Gasteiger partial charge in [-0.3, -0.25) is 4.79 Å². The fourth-order valence-corrected chi connectivity index (χ4v) is 3.69. The first-order valence-corrected chi connectivity index (χ1v) is 8.59. The number of anilines is 1. The maximum atomic E-state index is 12.1. The Morgan fingerprint density at radius 1 is 1.32 bits per heavy atom. The molecular formula is C16H17ClN4O3S. The van der Waals surface area contributed by atoms with E-state index in [0.717, 1.165) is 25.7 Å². The fraction of sp³-hybridized carbons (Fsp3) is 0.312. The molecule has 1 aliphatic carbocycles. The normalized spacial score (nSPS) is 15.7. The van der Waals surface area contributed by atoms with Crippen LogP contribution in [-0.2, 0) is 5.54 Å². The molecule has 0 saturated heterocycles. The molecule has 4 rings (SSSR count). The van der Waals surface area contributed by atoms with Gasteiger partial charge < -0.3 is 20.0 Å². The number of furan rings is 1. The summed E-state index contributed by atoms with van der Waals surface area (Å²) in [5.74, 6) is 0.809. The second-order valence-electron chi connectivity index (χ2n) is 5.88. The first-order chi connectivity index (χ1) is 11.7. The number of nitrogens with two attached hydrogens (primary N) is 1. The van der Waals surface area contributed by atoms with E-state index in [2.05, 4.69) is 15.5 Å². The molecule has 0 aromatic carbocycles. The van der Waals surface area contributed by atoms with Gasteiger partial charge in [-0.1, -0.05) is 18.0 Å². The van der Waals surface area contributed by atoms with Crippen LogP contribution in [0.4, 0.5) is 5.00 Å². The van der Waals surface area contributed by atoms with E-state index >= 15 is 0 Å². The Bertz CT molecular complexity index is 853. The SMILES string of the molecule is Cl.NC1(c2noc(-c3ccsc3NC(=O)c3ccco3)n2)CCCC1. The van der Waals surface area contributed by atoms with Crippen LogP contribution in [0.15, 0.2) is 38.8 Å². The lowest BCUT2D eigenvalue weighted by atomic mass is 9.99. The maximum absolute atomic E-state index is 12.1. The standard InChI is InChI=1S/C16H16N4O3S.ClH/c17-16(6-1-2-7-16)15-19-13(23-20-15)10-5-9-24-14(10)18-12(21)11-4-3-8-22-11;/h3-5,8-9H,1-2,6-7,17H2,(H,18,21);1H. The highest BCUT2D eigenvalue weighted by Gasteiger charge is 2.36. The number of carbonyl (C=O) groups is 1. The Kier molecular flexibility index (Phi) is 4.94. The number of carbonyl (C=O) groups excluding carboxylic acids is 1. The van der Waals surface area contributed by atoms with Crippen molar-refractivity contribution >= 4 is 34.7 Å². The van der Waals surface area contributed by atoms with Crippen LogP contribution in [-0.4, -0.2) is 16.0 Å². The van der Waals surface area contributed by atoms with Crippen LogP contribution in [0.25, 0.3) is 11.5 Å². The van der Waals surface area contributed by atoms with Crippen molar-refractivity contribution in [3.05, 3.63) is 41.4 Å². The zero-order chi connectivity index (χ0) is 16.6. The van der Waals surface area contributed by atoms with E-state index < -0.39 is 5.54 Å². The maximum Gasteiger partial charge on any atom is 0.291 e. The molecule has 7 nitrogen and oxygen atoms in total. The van der Waals surface area contributed by atoms with Crippen molar-refractivity contribution in [3.8, 4) is 11.5 Å². The number of nitrogens with one attached hydrogen (secondary N) is 1. The number of aromatic nitrogens is 2. The molecule has 1 saturated carbocycles. The first-order valence-electron chi connectivity index (χ1n) is 7.71. The molecule has 0 atom stereocenters. The summed E-state index contributed by atoms with van der Waals surface area (Å²) in [6, 6.07) is 5.10. The van der Waals surface area contributed by atoms with Crippen LogP contribution in [0.5, 0.6) is 0 Å². The lowest BCUT2D eigenvalue weighted by molar-refractivity contribution is 0.0997. The van der Waals surface area contributed by atoms with E-state index in [4.69, 9.17) is 14.7 Å². The van der Waals surface area contributed by atoms with Crippen LogP contribution < -0.4 is 11.1 Å². The van der Waals surface area contributed by atoms with E-state index in [1.165, 1.54) is 17.6 Å². The van der Waals surface area contributed by atoms with Gasteiger partial charge in [-0.2, -0.15) is 4.98 Å². The largest absolute Gasteiger partial charge is 0.459 e. The zero-order valence-electron chi connectivity index (χ0n) is 13.2. The monoisotopic (exact) mass is 380 g/mol. The molecule has 0 aliphatic heterocycles. The van der Waals surface area contributed by atoms with Gasteiger partial charge in [0.25, 0.3) is 11.8 Å². The number of hydrogen-bond donors (Lipinski definition) is 2. The molecule has 3 heterocycles. The van der Waals surface area contributed by atoms with Crippen molar-refractivity contribution < 1.29 is 13.7 Å². The molecule has 0 bridgehead atoms. The minimum absolute atomic E-state index is 0. The highest BCUT2D eigenvalue weighted by atomic mass is 35.5. The van der Waals surface area contributed by atoms with Gasteiger partial charge in [0, 0.05) is 0 Å². The molecule has 0 unspecified atom stereocenters. The number of rotatable bonds is 4. The number of halogens is 1. The molecule has 1 aliphatic rings. The van der Waals surface area contributed by atoms with Gasteiger partial charge in [-0.05, 0) is 36.4 Å². The molecule has 132 valence electrons. The molecule has 1 fully saturated rings. The Morgan fingerprint density at radius 3 is 2.84 bits per heavy atom. The van der Waals surface area contributed by atoms with Crippen molar-refractivity contribution in [2.24, 2.45) is 5.73 Å². The van der Waals surface area contributed by atoms with Gasteiger partial charge in [-0.25, -0.2) is 0 Å². The highest BCUT2D eigenvalue weighted by molar-refractivity contribution is 7.15. The molecular weight excluding hydrogens is 364 g/mol. The molecule has 0 spiro atoms. The van der Waals surface area contributed by atoms with E-state index in [1.807, 2.05) is 11.4 Å². The molecule has 3 aromatic heterocycles. The Hall–Kier alpha value is -2.16. The third kappa shape index (κ3) is 3.33. The second kappa shape index (κ2) is 6.99. The van der Waals surface area contributed by atoms with Crippen molar-refractivity contribution in [1.82, 2.24) is 10.1 Å². The van der Waals surface area contributed by atoms with Crippen LogP contribution in [0, 0.1) is 0 Å². The van der Waals surface area contributed by atoms with Crippen LogP contribution in [0.1, 0.15) is 42.1 Å². The zero-order valence-corrected chi connectivity index (χ0v) is 14.9. The number of amides is 1. The Morgan fingerprint density at radius 2 is 2.12 bits per heavy atom. The van der Waals surface area contributed by atoms with Gasteiger partial charge in [0.2, 0.25) is 0 Å². The second-order valence-corrected chi connectivity index (χ2v) is 6.80. The van der Waals surface area contributed by atoms with E-state index in [0.29, 0.717) is 22.3 Å². The minimum Gasteiger partial charge on any atom is -0.459 e. The van der Waals surface area contributed by atoms with Gasteiger partial charge in [0.1, 0.15) is 5.00 Å². The highest BCUT2D eigenvalue weighted by Crippen LogP contribution is 2.37. The topological polar surface area (TPSA) is 107 Å². The van der Waals surface area contributed by atoms with Gasteiger partial charge in [0.15, 0.2) is 11.6 Å². The molecule has 9 heteroatoms. The van der Waals surface area contributed by atoms with Crippen molar-refractivity contribution in [1.29, 1.82) is 0 Å². The molecule has 1 amide bonds. The third-order valence-electron chi connectivity index (χ3n) is 4.23. The Labute approximate surface area is 154 Å². The van der Waals surface area contributed by atoms with Crippen molar-refractivity contribution in [3.63, 3.8) is 0 Å². The smallest absolute Gasteiger partial charge is 0.291 e. The summed E-state index contributed by atoms with van der Waals surface area (Å²) >= 11 is 1.38. The van der Waals surface area contributed by atoms with E-state index in [9.17, 15) is 4.79 Å². The van der Waals surface area contributed by atoms with Crippen molar-refractivity contribution in [2.75, 3.05) is 5.32 Å². The van der Waals surface area contributed by atoms with Gasteiger partial charge in [-0.15, -0.1) is 23.7 Å². The van der Waals surface area contributed by atoms with Crippen LogP contribution >= 0.6 is 23.7 Å². The predicted molar refractivity (Wildman–Crippen MR) is 95.9 cm³/mol. The summed E-state index contributed by atoms with van der Waals surface area (Å²) in [7, 11) is 0. The summed E-state index contributed by atoms with van der Waals surface area (Å²) in [4.78, 5) is 16.6. The molecule has 25 heavy (non-hydrogen) atoms. The number of nitrogens with zero attached hydrogens (tertiary/aromatic N) is 2. The predicted octanol–water partition coefficient (Wildman–Crippen LogP) is 3.79. The first kappa shape index (κ1) is 17.7. The molecule has 3 aromatic rings. The van der Waals surface area contributed by atoms with Crippen LogP contribution in [0.2, 0.25) is 0 Å². The number of hydrogen-bond acceptors (Lipinski definition) is 7. The summed E-state index contributed by atoms with van der Waals surface area (Å²) in [5.41, 5.74) is 6.54. The van der Waals surface area contributed by atoms with Crippen molar-refractivity contribution in [2.45, 2.75) is 31.2 Å². The summed E-state index contributed by atoms with van der Waals surface area (Å²) in [5, 5.41) is 9.35. The van der Waals surface area contributed by atoms with Gasteiger partial charge >= 0.3 is 0 Å². The quantitative estimate of drug-likeness (QED) is 0.712. The van der Waals surface area contributed by atoms with Crippen LogP contribution in [0.3, 0.4) is 0 Å². The lowest BCUT2D eigenvalue weighted by Crippen LogP contribution is -2.34. The average Bonchev–Trinajstić information content (AvgIpc) is 3.35. The summed E-state index contributed by atoms with van der Waals surface area (Å²) in [6.45, 7) is 0. The minimum atomic E-state index is -0.505. The van der Waals surface area contributed by atoms with E-state index in [-0.39, 0.29) is 24.1 Å². The number of thiophene rings is 1. The summed E-state index contributed by atoms with van der Waals surface area (Å²) in [6.07, 6.45) is 5.32. The van der Waals surface area contributed by atoms with Gasteiger partial charge in [0.05, 0.1) is 17.4 Å². The Balaban J connectivity index is 0.00000182. The third-order valence-corrected chi connectivity index (χ3v) is 5.06. The molecule has 0 radical (unpaired) electrons. The van der Waals surface area contributed by atoms with E-state index in [1.54, 1.807) is 12.1 Å².